The lowest BCUT2D eigenvalue weighted by Gasteiger charge is -2.58. The van der Waals surface area contributed by atoms with E-state index in [9.17, 15) is 24.9 Å². The highest BCUT2D eigenvalue weighted by Crippen LogP contribution is 2.71. The molecule has 1 amide bonds. The number of epoxide rings is 1. The van der Waals surface area contributed by atoms with E-state index in [0.29, 0.717) is 19.4 Å². The van der Waals surface area contributed by atoms with Crippen molar-refractivity contribution in [2.24, 2.45) is 16.7 Å². The van der Waals surface area contributed by atoms with E-state index in [1.165, 1.54) is 12.5 Å². The number of rotatable bonds is 8. The van der Waals surface area contributed by atoms with E-state index in [4.69, 9.17) is 14.2 Å². The summed E-state index contributed by atoms with van der Waals surface area (Å²) in [6.07, 6.45) is 1.87. The second-order valence-electron chi connectivity index (χ2n) is 10.6. The van der Waals surface area contributed by atoms with E-state index in [0.717, 1.165) is 6.42 Å². The minimum Gasteiger partial charge on any atom is -0.463 e. The molecule has 186 valence electrons. The number of esters is 1. The summed E-state index contributed by atoms with van der Waals surface area (Å²) in [5, 5.41) is 32.7. The van der Waals surface area contributed by atoms with Crippen molar-refractivity contribution in [1.29, 1.82) is 0 Å². The molecule has 4 N–H and O–H groups in total. The van der Waals surface area contributed by atoms with Gasteiger partial charge in [-0.3, -0.25) is 4.79 Å². The molecule has 2 saturated heterocycles. The lowest BCUT2D eigenvalue weighted by atomic mass is 9.51. The van der Waals surface area contributed by atoms with Crippen molar-refractivity contribution in [1.82, 2.24) is 5.32 Å². The van der Waals surface area contributed by atoms with Crippen molar-refractivity contribution in [2.45, 2.75) is 89.4 Å². The number of aliphatic hydroxyl groups is 3. The molecule has 0 aromatic rings. The Morgan fingerprint density at radius 2 is 2.06 bits per heavy atom. The molecule has 4 aliphatic rings. The van der Waals surface area contributed by atoms with Gasteiger partial charge in [-0.1, -0.05) is 25.5 Å². The van der Waals surface area contributed by atoms with Gasteiger partial charge in [-0.2, -0.15) is 0 Å². The number of fused-ring (bicyclic) bond motifs is 2. The summed E-state index contributed by atoms with van der Waals surface area (Å²) in [6, 6.07) is -1.01. The van der Waals surface area contributed by atoms with Crippen LogP contribution in [0.4, 0.5) is 0 Å². The summed E-state index contributed by atoms with van der Waals surface area (Å²) in [4.78, 5) is 25.3. The van der Waals surface area contributed by atoms with E-state index in [2.05, 4.69) is 18.3 Å². The largest absolute Gasteiger partial charge is 0.463 e. The second kappa shape index (κ2) is 8.61. The average molecular weight is 468 g/mol. The smallest absolute Gasteiger partial charge is 0.328 e. The normalized spacial score (nSPS) is 41.5. The number of ether oxygens (including phenoxy) is 3. The molecule has 0 aromatic heterocycles. The number of carbonyl (C=O) groups excluding carboxylic acids is 2. The van der Waals surface area contributed by atoms with Crippen LogP contribution < -0.4 is 5.32 Å². The van der Waals surface area contributed by atoms with Crippen molar-refractivity contribution >= 4 is 11.9 Å². The molecule has 1 saturated carbocycles. The Bertz CT molecular complexity index is 823. The Morgan fingerprint density at radius 1 is 1.36 bits per heavy atom. The Balaban J connectivity index is 1.60. The molecule has 3 fully saturated rings. The van der Waals surface area contributed by atoms with Crippen LogP contribution in [0.1, 0.15) is 53.4 Å². The van der Waals surface area contributed by atoms with Crippen LogP contribution in [0.25, 0.3) is 0 Å². The van der Waals surface area contributed by atoms with Crippen LogP contribution in [0.5, 0.6) is 0 Å². The molecule has 1 unspecified atom stereocenters. The third-order valence-electron chi connectivity index (χ3n) is 8.81. The van der Waals surface area contributed by atoms with Crippen LogP contribution in [0, 0.1) is 16.7 Å². The van der Waals surface area contributed by atoms with Crippen LogP contribution in [0.15, 0.2) is 11.6 Å². The van der Waals surface area contributed by atoms with Crippen molar-refractivity contribution in [3.63, 3.8) is 0 Å². The number of nitrogens with one attached hydrogen (secondary N) is 1. The highest BCUT2D eigenvalue weighted by atomic mass is 16.6. The first-order valence-electron chi connectivity index (χ1n) is 11.9. The molecule has 2 bridgehead atoms. The van der Waals surface area contributed by atoms with Crippen molar-refractivity contribution in [3.05, 3.63) is 11.6 Å². The molecule has 0 radical (unpaired) electrons. The molecule has 4 rings (SSSR count). The van der Waals surface area contributed by atoms with Gasteiger partial charge < -0.3 is 34.8 Å². The van der Waals surface area contributed by atoms with Gasteiger partial charge in [-0.05, 0) is 39.0 Å². The van der Waals surface area contributed by atoms with E-state index in [1.54, 1.807) is 6.92 Å². The summed E-state index contributed by atoms with van der Waals surface area (Å²) in [7, 11) is 0. The highest BCUT2D eigenvalue weighted by molar-refractivity contribution is 5.86. The maximum Gasteiger partial charge on any atom is 0.328 e. The van der Waals surface area contributed by atoms with Crippen LogP contribution in [0.3, 0.4) is 0 Å². The summed E-state index contributed by atoms with van der Waals surface area (Å²) in [5.41, 5.74) is -0.700. The molecule has 9 nitrogen and oxygen atoms in total. The van der Waals surface area contributed by atoms with E-state index >= 15 is 0 Å². The van der Waals surface area contributed by atoms with Crippen LogP contribution in [-0.4, -0.2) is 83.1 Å². The number of amides is 1. The minimum absolute atomic E-state index is 0.0125. The third-order valence-corrected chi connectivity index (χ3v) is 8.81. The van der Waals surface area contributed by atoms with Gasteiger partial charge >= 0.3 is 5.97 Å². The van der Waals surface area contributed by atoms with Gasteiger partial charge in [-0.15, -0.1) is 0 Å². The van der Waals surface area contributed by atoms with Crippen LogP contribution in [0.2, 0.25) is 0 Å². The minimum atomic E-state index is -1.28. The molecule has 2 aliphatic heterocycles. The van der Waals surface area contributed by atoms with Gasteiger partial charge in [0.2, 0.25) is 5.91 Å². The quantitative estimate of drug-likeness (QED) is 0.229. The molecule has 2 heterocycles. The monoisotopic (exact) mass is 467 g/mol. The predicted octanol–water partition coefficient (Wildman–Crippen LogP) is 0.448. The first kappa shape index (κ1) is 24.6. The lowest BCUT2D eigenvalue weighted by molar-refractivity contribution is -0.230. The Morgan fingerprint density at radius 3 is 2.67 bits per heavy atom. The standard InChI is InChI=1S/C24H37NO8/c1-13-5-7-23(11-31-21(30)19(14(2)6-8-26)25-20(29)15(3)27)17(9-13)33-18-10-16(28)22(23,4)24(18)12-32-24/h9,14-19,26-28H,5-8,10-12H2,1-4H3,(H,25,29)/t14-,15-,16-,17?,18-,19-,22-,23-,24+/m1/s1. The van der Waals surface area contributed by atoms with Gasteiger partial charge in [0, 0.05) is 23.9 Å². The molecule has 9 heteroatoms. The Labute approximate surface area is 194 Å². The number of hydrogen-bond acceptors (Lipinski definition) is 8. The van der Waals surface area contributed by atoms with Crippen molar-refractivity contribution < 1.29 is 39.1 Å². The van der Waals surface area contributed by atoms with Gasteiger partial charge in [0.1, 0.15) is 24.4 Å². The third kappa shape index (κ3) is 3.63. The number of allylic oxidation sites excluding steroid dienone is 1. The zero-order valence-electron chi connectivity index (χ0n) is 19.9. The van der Waals surface area contributed by atoms with E-state index in [-0.39, 0.29) is 31.8 Å². The maximum absolute atomic E-state index is 13.2. The first-order chi connectivity index (χ1) is 15.5. The summed E-state index contributed by atoms with van der Waals surface area (Å²) in [6.45, 7) is 7.52. The molecule has 1 spiro atoms. The fourth-order valence-corrected chi connectivity index (χ4v) is 6.36. The molecular formula is C24H37NO8. The van der Waals surface area contributed by atoms with Crippen molar-refractivity contribution in [3.8, 4) is 0 Å². The summed E-state index contributed by atoms with van der Waals surface area (Å²) in [5.74, 6) is -1.71. The summed E-state index contributed by atoms with van der Waals surface area (Å²) < 4.78 is 18.3. The Kier molecular flexibility index (Phi) is 6.42. The SMILES string of the molecule is CC1=CC2O[C@@H]3C[C@@H](O)[C@](C)([C@@]2(COC(=O)[C@H](NC(=O)[C@@H](C)O)[C@H](C)CCO)CC1)[C@]31CO1. The highest BCUT2D eigenvalue weighted by Gasteiger charge is 2.82. The van der Waals surface area contributed by atoms with Gasteiger partial charge in [0.15, 0.2) is 0 Å². The molecule has 2 aliphatic carbocycles. The fraction of sp³-hybridized carbons (Fsp3) is 0.833. The Hall–Kier alpha value is -1.52. The molecule has 0 aromatic carbocycles. The van der Waals surface area contributed by atoms with Crippen LogP contribution >= 0.6 is 0 Å². The first-order valence-corrected chi connectivity index (χ1v) is 11.9. The zero-order valence-corrected chi connectivity index (χ0v) is 19.9. The van der Waals surface area contributed by atoms with Crippen LogP contribution in [-0.2, 0) is 23.8 Å². The van der Waals surface area contributed by atoms with E-state index < -0.39 is 52.5 Å². The predicted molar refractivity (Wildman–Crippen MR) is 117 cm³/mol. The van der Waals surface area contributed by atoms with Gasteiger partial charge in [0.05, 0.1) is 24.9 Å². The van der Waals surface area contributed by atoms with E-state index in [1.807, 2.05) is 6.92 Å². The maximum atomic E-state index is 13.2. The topological polar surface area (TPSA) is 138 Å². The number of carbonyl (C=O) groups is 2. The van der Waals surface area contributed by atoms with Crippen molar-refractivity contribution in [2.75, 3.05) is 19.8 Å². The molecular weight excluding hydrogens is 430 g/mol. The second-order valence-corrected chi connectivity index (χ2v) is 10.6. The fourth-order valence-electron chi connectivity index (χ4n) is 6.36. The number of aliphatic hydroxyl groups excluding tert-OH is 3. The zero-order chi connectivity index (χ0) is 24.2. The number of hydrogen-bond donors (Lipinski definition) is 4. The lowest BCUT2D eigenvalue weighted by Crippen LogP contribution is -2.66. The molecule has 9 atom stereocenters. The average Bonchev–Trinajstić information content (AvgIpc) is 3.54. The summed E-state index contributed by atoms with van der Waals surface area (Å²) >= 11 is 0. The molecule has 33 heavy (non-hydrogen) atoms. The van der Waals surface area contributed by atoms with Gasteiger partial charge in [0.25, 0.3) is 0 Å². The van der Waals surface area contributed by atoms with Gasteiger partial charge in [-0.25, -0.2) is 4.79 Å².